The molecular weight excluding hydrogens is 216 g/mol. The van der Waals surface area contributed by atoms with Gasteiger partial charge in [0, 0.05) is 0 Å². The summed E-state index contributed by atoms with van der Waals surface area (Å²) in [6, 6.07) is 0.0123. The lowest BCUT2D eigenvalue weighted by Crippen LogP contribution is -2.28. The molecule has 1 aromatic heterocycles. The molecule has 1 fully saturated rings. The molecular formula is C9H13ClN4O. The van der Waals surface area contributed by atoms with Crippen LogP contribution in [0.5, 0.6) is 0 Å². The number of nitrogens with zero attached hydrogens (tertiary/aromatic N) is 2. The van der Waals surface area contributed by atoms with Crippen LogP contribution in [-0.4, -0.2) is 27.2 Å². The number of hydrogen-bond donors (Lipinski definition) is 3. The molecule has 0 aromatic carbocycles. The number of rotatable bonds is 2. The van der Waals surface area contributed by atoms with E-state index in [0.29, 0.717) is 11.5 Å². The van der Waals surface area contributed by atoms with Crippen molar-refractivity contribution in [3.05, 3.63) is 11.5 Å². The van der Waals surface area contributed by atoms with Gasteiger partial charge in [0.1, 0.15) is 12.0 Å². The van der Waals surface area contributed by atoms with E-state index in [1.807, 2.05) is 0 Å². The molecule has 1 saturated carbocycles. The maximum Gasteiger partial charge on any atom is 0.157 e. The highest BCUT2D eigenvalue weighted by molar-refractivity contribution is 6.32. The lowest BCUT2D eigenvalue weighted by molar-refractivity contribution is 0.171. The van der Waals surface area contributed by atoms with Gasteiger partial charge >= 0.3 is 0 Å². The Labute approximate surface area is 92.7 Å². The van der Waals surface area contributed by atoms with Crippen LogP contribution in [0.1, 0.15) is 19.3 Å². The van der Waals surface area contributed by atoms with E-state index in [4.69, 9.17) is 17.3 Å². The fourth-order valence-corrected chi connectivity index (χ4v) is 1.91. The molecule has 0 unspecified atom stereocenters. The molecule has 2 rings (SSSR count). The van der Waals surface area contributed by atoms with Crippen LogP contribution < -0.4 is 11.1 Å². The maximum absolute atomic E-state index is 9.63. The molecule has 0 amide bonds. The van der Waals surface area contributed by atoms with Crippen LogP contribution >= 0.6 is 11.6 Å². The van der Waals surface area contributed by atoms with Crippen LogP contribution in [0.4, 0.5) is 11.5 Å². The average molecular weight is 229 g/mol. The molecule has 0 saturated heterocycles. The predicted octanol–water partition coefficient (Wildman–Crippen LogP) is 1.04. The standard InChI is InChI=1S/C9H13ClN4O/c10-8-7(11)9(13-4-12-8)14-5-2-1-3-6(5)15/h4-6,15H,1-3,11H2,(H,12,13,14)/t5-,6+/m1/s1. The summed E-state index contributed by atoms with van der Waals surface area (Å²) in [5.41, 5.74) is 6.04. The van der Waals surface area contributed by atoms with Crippen molar-refractivity contribution in [1.29, 1.82) is 0 Å². The van der Waals surface area contributed by atoms with Crippen LogP contribution in [0, 0.1) is 0 Å². The van der Waals surface area contributed by atoms with Gasteiger partial charge in [0.2, 0.25) is 0 Å². The fraction of sp³-hybridized carbons (Fsp3) is 0.556. The Hall–Kier alpha value is -1.07. The Morgan fingerprint density at radius 3 is 2.93 bits per heavy atom. The Kier molecular flexibility index (Phi) is 2.93. The zero-order valence-corrected chi connectivity index (χ0v) is 8.91. The van der Waals surface area contributed by atoms with Gasteiger partial charge in [-0.1, -0.05) is 11.6 Å². The van der Waals surface area contributed by atoms with E-state index in [0.717, 1.165) is 19.3 Å². The highest BCUT2D eigenvalue weighted by atomic mass is 35.5. The zero-order valence-electron chi connectivity index (χ0n) is 8.15. The smallest absolute Gasteiger partial charge is 0.157 e. The lowest BCUT2D eigenvalue weighted by Gasteiger charge is -2.17. The van der Waals surface area contributed by atoms with Gasteiger partial charge in [-0.2, -0.15) is 0 Å². The molecule has 0 bridgehead atoms. The quantitative estimate of drug-likeness (QED) is 0.659. The number of aromatic nitrogens is 2. The normalized spacial score (nSPS) is 25.5. The van der Waals surface area contributed by atoms with Gasteiger partial charge in [-0.15, -0.1) is 0 Å². The SMILES string of the molecule is Nc1c(Cl)ncnc1N[C@@H]1CCC[C@@H]1O. The number of aliphatic hydroxyl groups excluding tert-OH is 1. The highest BCUT2D eigenvalue weighted by Crippen LogP contribution is 2.27. The van der Waals surface area contributed by atoms with Gasteiger partial charge in [-0.05, 0) is 19.3 Å². The van der Waals surface area contributed by atoms with Gasteiger partial charge in [0.15, 0.2) is 11.0 Å². The summed E-state index contributed by atoms with van der Waals surface area (Å²) in [5, 5.41) is 13.0. The summed E-state index contributed by atoms with van der Waals surface area (Å²) in [6.07, 6.45) is 3.76. The molecule has 1 aliphatic carbocycles. The summed E-state index contributed by atoms with van der Waals surface area (Å²) >= 11 is 5.76. The van der Waals surface area contributed by atoms with Gasteiger partial charge in [-0.3, -0.25) is 0 Å². The summed E-state index contributed by atoms with van der Waals surface area (Å²) in [4.78, 5) is 7.75. The molecule has 1 heterocycles. The number of aliphatic hydroxyl groups is 1. The van der Waals surface area contributed by atoms with Gasteiger partial charge < -0.3 is 16.2 Å². The van der Waals surface area contributed by atoms with Crippen molar-refractivity contribution in [2.45, 2.75) is 31.4 Å². The third-order valence-electron chi connectivity index (χ3n) is 2.64. The molecule has 2 atom stereocenters. The van der Waals surface area contributed by atoms with Crippen molar-refractivity contribution >= 4 is 23.1 Å². The molecule has 0 spiro atoms. The zero-order chi connectivity index (χ0) is 10.8. The van der Waals surface area contributed by atoms with Crippen LogP contribution in [0.25, 0.3) is 0 Å². The van der Waals surface area contributed by atoms with Gasteiger partial charge in [-0.25, -0.2) is 9.97 Å². The first-order valence-electron chi connectivity index (χ1n) is 4.89. The van der Waals surface area contributed by atoms with E-state index in [1.54, 1.807) is 0 Å². The third kappa shape index (κ3) is 2.13. The summed E-state index contributed by atoms with van der Waals surface area (Å²) in [7, 11) is 0. The van der Waals surface area contributed by atoms with Crippen molar-refractivity contribution in [1.82, 2.24) is 9.97 Å². The van der Waals surface area contributed by atoms with E-state index < -0.39 is 0 Å². The molecule has 4 N–H and O–H groups in total. The largest absolute Gasteiger partial charge is 0.393 e. The number of halogens is 1. The summed E-state index contributed by atoms with van der Waals surface area (Å²) in [5.74, 6) is 0.501. The monoisotopic (exact) mass is 228 g/mol. The number of anilines is 2. The minimum atomic E-state index is -0.335. The van der Waals surface area contributed by atoms with Gasteiger partial charge in [0.05, 0.1) is 12.1 Å². The average Bonchev–Trinajstić information content (AvgIpc) is 2.60. The lowest BCUT2D eigenvalue weighted by atomic mass is 10.2. The highest BCUT2D eigenvalue weighted by Gasteiger charge is 2.26. The van der Waals surface area contributed by atoms with Crippen LogP contribution in [0.3, 0.4) is 0 Å². The van der Waals surface area contributed by atoms with Crippen molar-refractivity contribution in [3.63, 3.8) is 0 Å². The van der Waals surface area contributed by atoms with E-state index in [2.05, 4.69) is 15.3 Å². The number of nitrogen functional groups attached to an aromatic ring is 1. The maximum atomic E-state index is 9.63. The van der Waals surface area contributed by atoms with Crippen LogP contribution in [-0.2, 0) is 0 Å². The molecule has 0 aliphatic heterocycles. The first kappa shape index (κ1) is 10.4. The minimum Gasteiger partial charge on any atom is -0.393 e. The van der Waals surface area contributed by atoms with Crippen LogP contribution in [0.15, 0.2) is 6.33 Å². The van der Waals surface area contributed by atoms with Gasteiger partial charge in [0.25, 0.3) is 0 Å². The van der Waals surface area contributed by atoms with E-state index in [1.165, 1.54) is 6.33 Å². The second kappa shape index (κ2) is 4.20. The van der Waals surface area contributed by atoms with E-state index >= 15 is 0 Å². The van der Waals surface area contributed by atoms with E-state index in [9.17, 15) is 5.11 Å². The fourth-order valence-electron chi connectivity index (χ4n) is 1.77. The molecule has 5 nitrogen and oxygen atoms in total. The number of nitrogens with two attached hydrogens (primary N) is 1. The Balaban J connectivity index is 2.13. The first-order chi connectivity index (χ1) is 7.18. The van der Waals surface area contributed by atoms with Crippen molar-refractivity contribution in [3.8, 4) is 0 Å². The number of nitrogens with one attached hydrogen (secondary N) is 1. The second-order valence-corrected chi connectivity index (χ2v) is 4.03. The van der Waals surface area contributed by atoms with Crippen molar-refractivity contribution in [2.75, 3.05) is 11.1 Å². The van der Waals surface area contributed by atoms with Crippen LogP contribution in [0.2, 0.25) is 5.15 Å². The summed E-state index contributed by atoms with van der Waals surface area (Å²) < 4.78 is 0. The Morgan fingerprint density at radius 1 is 1.47 bits per heavy atom. The van der Waals surface area contributed by atoms with Crippen molar-refractivity contribution < 1.29 is 5.11 Å². The molecule has 0 radical (unpaired) electrons. The first-order valence-corrected chi connectivity index (χ1v) is 5.27. The molecule has 82 valence electrons. The molecule has 6 heteroatoms. The minimum absolute atomic E-state index is 0.0123. The second-order valence-electron chi connectivity index (χ2n) is 3.68. The van der Waals surface area contributed by atoms with Crippen molar-refractivity contribution in [2.24, 2.45) is 0 Å². The Morgan fingerprint density at radius 2 is 2.27 bits per heavy atom. The third-order valence-corrected chi connectivity index (χ3v) is 2.94. The molecule has 15 heavy (non-hydrogen) atoms. The summed E-state index contributed by atoms with van der Waals surface area (Å²) in [6.45, 7) is 0. The molecule has 1 aliphatic rings. The van der Waals surface area contributed by atoms with E-state index in [-0.39, 0.29) is 17.3 Å². The molecule has 1 aromatic rings. The predicted molar refractivity (Wildman–Crippen MR) is 58.7 cm³/mol. The topological polar surface area (TPSA) is 84.1 Å². The number of hydrogen-bond acceptors (Lipinski definition) is 5. The Bertz CT molecular complexity index is 360.